The Balaban J connectivity index is 1.59. The van der Waals surface area contributed by atoms with Crippen LogP contribution in [0.1, 0.15) is 79.1 Å². The van der Waals surface area contributed by atoms with Gasteiger partial charge in [-0.2, -0.15) is 0 Å². The van der Waals surface area contributed by atoms with Gasteiger partial charge in [0, 0.05) is 29.7 Å². The first-order valence-electron chi connectivity index (χ1n) is 11.3. The Bertz CT molecular complexity index is 677. The molecule has 158 valence electrons. The fraction of sp³-hybridized carbons (Fsp3) is 0.913. The van der Waals surface area contributed by atoms with Crippen LogP contribution in [0.2, 0.25) is 0 Å². The predicted molar refractivity (Wildman–Crippen MR) is 110 cm³/mol. The molecule has 4 fully saturated rings. The maximum atomic E-state index is 12.6. The van der Waals surface area contributed by atoms with Crippen LogP contribution in [0.5, 0.6) is 0 Å². The van der Waals surface area contributed by atoms with Gasteiger partial charge in [-0.1, -0.05) is 25.9 Å². The molecule has 0 aromatic heterocycles. The van der Waals surface area contributed by atoms with Gasteiger partial charge in [0.1, 0.15) is 12.4 Å². The summed E-state index contributed by atoms with van der Waals surface area (Å²) in [5.74, 6) is 2.27. The van der Waals surface area contributed by atoms with Crippen LogP contribution in [-0.2, 0) is 9.63 Å². The molecule has 0 aliphatic heterocycles. The van der Waals surface area contributed by atoms with E-state index in [2.05, 4.69) is 25.9 Å². The molecule has 0 spiro atoms. The van der Waals surface area contributed by atoms with E-state index in [1.807, 2.05) is 6.92 Å². The standard InChI is InChI=1S/C23H38N2O3/c1-14-11-17-18-5-6-20(26)21(18,3)9-8-19(17)22(4)10-7-16(12-23(14,22)27)25-28-13-15(2)24/h14-15,17-19,27H,5-13,24H2,1-4H3/t14-,15?,17-,18-,19-,21-,22+,23-/m0/s1. The molecular weight excluding hydrogens is 352 g/mol. The first kappa shape index (κ1) is 20.3. The Morgan fingerprint density at radius 3 is 2.71 bits per heavy atom. The Labute approximate surface area is 169 Å². The Morgan fingerprint density at radius 2 is 2.00 bits per heavy atom. The smallest absolute Gasteiger partial charge is 0.139 e. The van der Waals surface area contributed by atoms with Crippen molar-refractivity contribution >= 4 is 11.5 Å². The normalized spacial score (nSPS) is 50.6. The number of nitrogens with zero attached hydrogens (tertiary/aromatic N) is 1. The summed E-state index contributed by atoms with van der Waals surface area (Å²) in [4.78, 5) is 18.0. The van der Waals surface area contributed by atoms with Crippen LogP contribution in [0.3, 0.4) is 0 Å². The number of hydrogen-bond acceptors (Lipinski definition) is 5. The number of carbonyl (C=O) groups is 1. The molecule has 0 aromatic carbocycles. The van der Waals surface area contributed by atoms with Gasteiger partial charge in [-0.3, -0.25) is 4.79 Å². The number of fused-ring (bicyclic) bond motifs is 5. The van der Waals surface area contributed by atoms with Gasteiger partial charge in [-0.05, 0) is 69.1 Å². The van der Waals surface area contributed by atoms with Crippen LogP contribution in [0.25, 0.3) is 0 Å². The molecule has 4 aliphatic carbocycles. The van der Waals surface area contributed by atoms with E-state index in [9.17, 15) is 9.90 Å². The molecular formula is C23H38N2O3. The Kier molecular flexibility index (Phi) is 4.94. The summed E-state index contributed by atoms with van der Waals surface area (Å²) in [5.41, 5.74) is 5.77. The largest absolute Gasteiger partial charge is 0.394 e. The van der Waals surface area contributed by atoms with E-state index >= 15 is 0 Å². The third-order valence-electron chi connectivity index (χ3n) is 9.33. The van der Waals surface area contributed by atoms with Crippen LogP contribution >= 0.6 is 0 Å². The summed E-state index contributed by atoms with van der Waals surface area (Å²) in [6, 6.07) is -0.0404. The van der Waals surface area contributed by atoms with Gasteiger partial charge in [0.05, 0.1) is 11.3 Å². The minimum atomic E-state index is -0.737. The van der Waals surface area contributed by atoms with Crippen LogP contribution < -0.4 is 5.73 Å². The van der Waals surface area contributed by atoms with E-state index in [-0.39, 0.29) is 22.8 Å². The molecule has 3 N–H and O–H groups in total. The van der Waals surface area contributed by atoms with Gasteiger partial charge in [-0.15, -0.1) is 0 Å². The quantitative estimate of drug-likeness (QED) is 0.720. The van der Waals surface area contributed by atoms with Crippen LogP contribution in [-0.4, -0.2) is 34.9 Å². The minimum Gasteiger partial charge on any atom is -0.394 e. The lowest BCUT2D eigenvalue weighted by atomic mass is 9.41. The second-order valence-electron chi connectivity index (χ2n) is 10.9. The monoisotopic (exact) mass is 390 g/mol. The maximum absolute atomic E-state index is 12.6. The van der Waals surface area contributed by atoms with E-state index in [1.54, 1.807) is 0 Å². The molecule has 4 aliphatic rings. The second-order valence-corrected chi connectivity index (χ2v) is 10.9. The molecule has 28 heavy (non-hydrogen) atoms. The highest BCUT2D eigenvalue weighted by molar-refractivity contribution is 5.87. The average molecular weight is 391 g/mol. The van der Waals surface area contributed by atoms with Crippen molar-refractivity contribution in [2.45, 2.75) is 90.7 Å². The van der Waals surface area contributed by atoms with Crippen molar-refractivity contribution in [1.82, 2.24) is 0 Å². The molecule has 0 heterocycles. The summed E-state index contributed by atoms with van der Waals surface area (Å²) >= 11 is 0. The van der Waals surface area contributed by atoms with Crippen LogP contribution in [0.15, 0.2) is 5.16 Å². The van der Waals surface area contributed by atoms with Crippen molar-refractivity contribution in [1.29, 1.82) is 0 Å². The number of aliphatic hydroxyl groups is 1. The number of nitrogens with two attached hydrogens (primary N) is 1. The number of oxime groups is 1. The lowest BCUT2D eigenvalue weighted by molar-refractivity contribution is -0.214. The van der Waals surface area contributed by atoms with E-state index in [0.717, 1.165) is 50.7 Å². The molecule has 5 nitrogen and oxygen atoms in total. The molecule has 4 saturated carbocycles. The summed E-state index contributed by atoms with van der Waals surface area (Å²) in [7, 11) is 0. The van der Waals surface area contributed by atoms with Gasteiger partial charge < -0.3 is 15.7 Å². The summed E-state index contributed by atoms with van der Waals surface area (Å²) in [6.07, 6.45) is 7.34. The highest BCUT2D eigenvalue weighted by atomic mass is 16.6. The fourth-order valence-corrected chi connectivity index (χ4v) is 7.57. The van der Waals surface area contributed by atoms with Crippen molar-refractivity contribution in [2.24, 2.45) is 45.4 Å². The van der Waals surface area contributed by atoms with Crippen molar-refractivity contribution in [3.8, 4) is 0 Å². The molecule has 5 heteroatoms. The van der Waals surface area contributed by atoms with Crippen LogP contribution in [0, 0.1) is 34.5 Å². The highest BCUT2D eigenvalue weighted by Gasteiger charge is 2.66. The lowest BCUT2D eigenvalue weighted by Crippen LogP contribution is -2.65. The Hall–Kier alpha value is -0.940. The highest BCUT2D eigenvalue weighted by Crippen LogP contribution is 2.67. The summed E-state index contributed by atoms with van der Waals surface area (Å²) < 4.78 is 0. The molecule has 0 bridgehead atoms. The first-order valence-corrected chi connectivity index (χ1v) is 11.3. The number of hydrogen-bond donors (Lipinski definition) is 2. The molecule has 0 saturated heterocycles. The first-order chi connectivity index (χ1) is 13.1. The number of carbonyl (C=O) groups excluding carboxylic acids is 1. The predicted octanol–water partition coefficient (Wildman–Crippen LogP) is 3.68. The topological polar surface area (TPSA) is 84.9 Å². The van der Waals surface area contributed by atoms with Gasteiger partial charge in [-0.25, -0.2) is 0 Å². The third-order valence-corrected chi connectivity index (χ3v) is 9.33. The summed E-state index contributed by atoms with van der Waals surface area (Å²) in [6.45, 7) is 9.06. The number of ketones is 1. The second kappa shape index (κ2) is 6.80. The lowest BCUT2D eigenvalue weighted by Gasteiger charge is -2.65. The fourth-order valence-electron chi connectivity index (χ4n) is 7.57. The number of rotatable bonds is 3. The third kappa shape index (κ3) is 2.79. The molecule has 0 radical (unpaired) electrons. The van der Waals surface area contributed by atoms with Crippen LogP contribution in [0.4, 0.5) is 0 Å². The van der Waals surface area contributed by atoms with E-state index < -0.39 is 5.60 Å². The van der Waals surface area contributed by atoms with Crippen molar-refractivity contribution < 1.29 is 14.7 Å². The molecule has 8 atom stereocenters. The van der Waals surface area contributed by atoms with E-state index in [1.165, 1.54) is 0 Å². The zero-order valence-corrected chi connectivity index (χ0v) is 18.0. The molecule has 0 amide bonds. The minimum absolute atomic E-state index is 0.0404. The SMILES string of the molecule is CC(N)CON=C1CC[C@]2(C)[C@H]3CC[C@]4(C)C(=O)CC[C@H]4[C@@H]3C[C@H](C)[C@@]2(O)C1. The van der Waals surface area contributed by atoms with Gasteiger partial charge in [0.15, 0.2) is 0 Å². The molecule has 0 aromatic rings. The van der Waals surface area contributed by atoms with Gasteiger partial charge in [0.25, 0.3) is 0 Å². The molecule has 4 rings (SSSR count). The maximum Gasteiger partial charge on any atom is 0.139 e. The van der Waals surface area contributed by atoms with Crippen molar-refractivity contribution in [3.63, 3.8) is 0 Å². The van der Waals surface area contributed by atoms with Gasteiger partial charge in [0.2, 0.25) is 0 Å². The zero-order valence-electron chi connectivity index (χ0n) is 18.0. The van der Waals surface area contributed by atoms with E-state index in [0.29, 0.717) is 36.6 Å². The average Bonchev–Trinajstić information content (AvgIpc) is 2.93. The van der Waals surface area contributed by atoms with Crippen molar-refractivity contribution in [3.05, 3.63) is 0 Å². The molecule has 1 unspecified atom stereocenters. The number of Topliss-reactive ketones (excluding diaryl/α,β-unsaturated/α-hetero) is 1. The summed E-state index contributed by atoms with van der Waals surface area (Å²) in [5, 5.41) is 16.3. The van der Waals surface area contributed by atoms with Crippen molar-refractivity contribution in [2.75, 3.05) is 6.61 Å². The zero-order chi connectivity index (χ0) is 20.3. The van der Waals surface area contributed by atoms with E-state index in [4.69, 9.17) is 10.6 Å². The van der Waals surface area contributed by atoms with Gasteiger partial charge >= 0.3 is 0 Å². The Morgan fingerprint density at radius 1 is 1.25 bits per heavy atom.